The largest absolute Gasteiger partial charge is 0.451 e. The van der Waals surface area contributed by atoms with E-state index in [4.69, 9.17) is 15.9 Å². The van der Waals surface area contributed by atoms with Crippen molar-refractivity contribution in [3.8, 4) is 11.3 Å². The Morgan fingerprint density at radius 2 is 1.86 bits per heavy atom. The predicted molar refractivity (Wildman–Crippen MR) is 84.0 cm³/mol. The first kappa shape index (κ1) is 15.4. The van der Waals surface area contributed by atoms with Gasteiger partial charge in [-0.2, -0.15) is 0 Å². The fourth-order valence-corrected chi connectivity index (χ4v) is 1.89. The van der Waals surface area contributed by atoms with Crippen LogP contribution in [-0.4, -0.2) is 24.9 Å². The fraction of sp³-hybridized carbons (Fsp3) is 0.200. The van der Waals surface area contributed by atoms with Gasteiger partial charge in [0, 0.05) is 12.6 Å². The van der Waals surface area contributed by atoms with E-state index in [9.17, 15) is 9.59 Å². The minimum atomic E-state index is -0.654. The van der Waals surface area contributed by atoms with Crippen LogP contribution in [0.5, 0.6) is 0 Å². The molecule has 22 heavy (non-hydrogen) atoms. The van der Waals surface area contributed by atoms with Crippen LogP contribution in [0.1, 0.15) is 17.5 Å². The Balaban J connectivity index is 2.15. The molecule has 0 fully saturated rings. The summed E-state index contributed by atoms with van der Waals surface area (Å²) in [6.07, 6.45) is 0. The highest BCUT2D eigenvalue weighted by Gasteiger charge is 2.18. The Morgan fingerprint density at radius 3 is 2.50 bits per heavy atom. The second kappa shape index (κ2) is 6.21. The molecule has 1 aromatic heterocycles. The van der Waals surface area contributed by atoms with Gasteiger partial charge in [-0.1, -0.05) is 0 Å². The molecule has 0 radical (unpaired) electrons. The van der Waals surface area contributed by atoms with Crippen molar-refractivity contribution in [2.24, 2.45) is 0 Å². The van der Waals surface area contributed by atoms with Crippen LogP contribution in [0.4, 0.5) is 11.4 Å². The van der Waals surface area contributed by atoms with Crippen molar-refractivity contribution in [3.05, 3.63) is 36.1 Å². The second-order valence-corrected chi connectivity index (χ2v) is 4.82. The molecular weight excluding hydrogens is 284 g/mol. The Morgan fingerprint density at radius 1 is 1.14 bits per heavy atom. The molecule has 0 saturated heterocycles. The van der Waals surface area contributed by atoms with E-state index in [1.807, 2.05) is 0 Å². The molecule has 7 heteroatoms. The summed E-state index contributed by atoms with van der Waals surface area (Å²) in [5.74, 6) is -0.150. The quantitative estimate of drug-likeness (QED) is 0.627. The van der Waals surface area contributed by atoms with E-state index in [2.05, 4.69) is 10.6 Å². The van der Waals surface area contributed by atoms with Gasteiger partial charge in [-0.3, -0.25) is 9.59 Å². The van der Waals surface area contributed by atoms with Crippen LogP contribution in [0.3, 0.4) is 0 Å². The van der Waals surface area contributed by atoms with Crippen molar-refractivity contribution >= 4 is 23.2 Å². The first-order chi connectivity index (χ1) is 10.4. The molecule has 2 aromatic rings. The monoisotopic (exact) mass is 302 g/mol. The summed E-state index contributed by atoms with van der Waals surface area (Å²) >= 11 is 0. The Kier molecular flexibility index (Phi) is 4.36. The lowest BCUT2D eigenvalue weighted by atomic mass is 10.1. The molecule has 6 N–H and O–H groups in total. The van der Waals surface area contributed by atoms with E-state index in [-0.39, 0.29) is 11.7 Å². The minimum Gasteiger partial charge on any atom is -0.451 e. The number of rotatable bonds is 4. The molecule has 0 aliphatic rings. The van der Waals surface area contributed by atoms with E-state index in [1.54, 1.807) is 31.2 Å². The predicted octanol–water partition coefficient (Wildman–Crippen LogP) is 0.975. The summed E-state index contributed by atoms with van der Waals surface area (Å²) in [7, 11) is 1.50. The van der Waals surface area contributed by atoms with Gasteiger partial charge in [-0.15, -0.1) is 0 Å². The molecule has 116 valence electrons. The summed E-state index contributed by atoms with van der Waals surface area (Å²) in [5, 5.41) is 5.00. The molecule has 1 atom stereocenters. The maximum Gasteiger partial charge on any atom is 0.287 e. The molecule has 0 aliphatic heterocycles. The third kappa shape index (κ3) is 3.20. The third-order valence-electron chi connectivity index (χ3n) is 3.19. The Labute approximate surface area is 127 Å². The highest BCUT2D eigenvalue weighted by Crippen LogP contribution is 2.26. The van der Waals surface area contributed by atoms with E-state index in [0.29, 0.717) is 22.7 Å². The molecule has 1 aromatic carbocycles. The lowest BCUT2D eigenvalue weighted by Crippen LogP contribution is -2.43. The average molecular weight is 302 g/mol. The average Bonchev–Trinajstić information content (AvgIpc) is 2.99. The van der Waals surface area contributed by atoms with Gasteiger partial charge >= 0.3 is 0 Å². The smallest absolute Gasteiger partial charge is 0.287 e. The number of likely N-dealkylation sites (N-methyl/N-ethyl adjacent to an activating group) is 1. The summed E-state index contributed by atoms with van der Waals surface area (Å²) in [6.45, 7) is 1.58. The molecule has 0 spiro atoms. The maximum atomic E-state index is 12.0. The number of hydrogen-bond acceptors (Lipinski definition) is 5. The Hall–Kier alpha value is -2.96. The highest BCUT2D eigenvalue weighted by atomic mass is 16.3. The number of carbonyl (C=O) groups excluding carboxylic acids is 2. The molecular formula is C15H18N4O3. The van der Waals surface area contributed by atoms with Gasteiger partial charge in [0.25, 0.3) is 5.91 Å². The van der Waals surface area contributed by atoms with Gasteiger partial charge in [0.1, 0.15) is 11.8 Å². The normalized spacial score (nSPS) is 11.7. The second-order valence-electron chi connectivity index (χ2n) is 4.82. The summed E-state index contributed by atoms with van der Waals surface area (Å²) in [4.78, 5) is 23.4. The number of amides is 2. The summed E-state index contributed by atoms with van der Waals surface area (Å²) in [6, 6.07) is 7.62. The van der Waals surface area contributed by atoms with Crippen molar-refractivity contribution in [2.45, 2.75) is 13.0 Å². The third-order valence-corrected chi connectivity index (χ3v) is 3.19. The van der Waals surface area contributed by atoms with Crippen molar-refractivity contribution in [3.63, 3.8) is 0 Å². The SMILES string of the molecule is CNC(=O)[C@H](C)NC(=O)c1ccc(-c2ccc(N)c(N)c2)o1. The van der Waals surface area contributed by atoms with Crippen LogP contribution < -0.4 is 22.1 Å². The van der Waals surface area contributed by atoms with E-state index in [1.165, 1.54) is 13.1 Å². The van der Waals surface area contributed by atoms with Gasteiger partial charge < -0.3 is 26.5 Å². The minimum absolute atomic E-state index is 0.112. The number of nitrogens with two attached hydrogens (primary N) is 2. The lowest BCUT2D eigenvalue weighted by molar-refractivity contribution is -0.122. The maximum absolute atomic E-state index is 12.0. The van der Waals surface area contributed by atoms with Crippen molar-refractivity contribution in [1.82, 2.24) is 10.6 Å². The van der Waals surface area contributed by atoms with Crippen LogP contribution in [0.25, 0.3) is 11.3 Å². The van der Waals surface area contributed by atoms with Crippen LogP contribution in [0, 0.1) is 0 Å². The van der Waals surface area contributed by atoms with Crippen molar-refractivity contribution < 1.29 is 14.0 Å². The zero-order valence-corrected chi connectivity index (χ0v) is 12.3. The first-order valence-corrected chi connectivity index (χ1v) is 6.70. The molecule has 0 saturated carbocycles. The summed E-state index contributed by atoms with van der Waals surface area (Å²) < 4.78 is 5.50. The van der Waals surface area contributed by atoms with Gasteiger partial charge in [0.15, 0.2) is 5.76 Å². The number of furan rings is 1. The van der Waals surface area contributed by atoms with Crippen molar-refractivity contribution in [2.75, 3.05) is 18.5 Å². The number of anilines is 2. The van der Waals surface area contributed by atoms with Gasteiger partial charge in [-0.25, -0.2) is 0 Å². The number of carbonyl (C=O) groups is 2. The lowest BCUT2D eigenvalue weighted by Gasteiger charge is -2.10. The standard InChI is InChI=1S/C15H18N4O3/c1-8(14(20)18-2)19-15(21)13-6-5-12(22-13)9-3-4-10(16)11(17)7-9/h3-8H,16-17H2,1-2H3,(H,18,20)(H,19,21)/t8-/m0/s1. The zero-order valence-electron chi connectivity index (χ0n) is 12.3. The number of hydrogen-bond donors (Lipinski definition) is 4. The van der Waals surface area contributed by atoms with Gasteiger partial charge in [-0.05, 0) is 37.3 Å². The fourth-order valence-electron chi connectivity index (χ4n) is 1.89. The number of nitrogens with one attached hydrogen (secondary N) is 2. The van der Waals surface area contributed by atoms with Crippen molar-refractivity contribution in [1.29, 1.82) is 0 Å². The van der Waals surface area contributed by atoms with Gasteiger partial charge in [0.2, 0.25) is 5.91 Å². The number of benzene rings is 1. The molecule has 2 amide bonds. The van der Waals surface area contributed by atoms with E-state index >= 15 is 0 Å². The Bertz CT molecular complexity index is 709. The van der Waals surface area contributed by atoms with Crippen LogP contribution in [0.15, 0.2) is 34.7 Å². The number of nitrogen functional groups attached to an aromatic ring is 2. The summed E-state index contributed by atoms with van der Waals surface area (Å²) in [5.41, 5.74) is 13.0. The zero-order chi connectivity index (χ0) is 16.3. The van der Waals surface area contributed by atoms with E-state index < -0.39 is 11.9 Å². The van der Waals surface area contributed by atoms with E-state index in [0.717, 1.165) is 0 Å². The topological polar surface area (TPSA) is 123 Å². The molecule has 1 heterocycles. The molecule has 7 nitrogen and oxygen atoms in total. The van der Waals surface area contributed by atoms with Crippen LogP contribution in [-0.2, 0) is 4.79 Å². The van der Waals surface area contributed by atoms with Gasteiger partial charge in [0.05, 0.1) is 11.4 Å². The molecule has 0 aliphatic carbocycles. The molecule has 0 bridgehead atoms. The first-order valence-electron chi connectivity index (χ1n) is 6.70. The molecule has 2 rings (SSSR count). The molecule has 0 unspecified atom stereocenters. The van der Waals surface area contributed by atoms with Crippen LogP contribution in [0.2, 0.25) is 0 Å². The highest BCUT2D eigenvalue weighted by molar-refractivity contribution is 5.95. The van der Waals surface area contributed by atoms with Crippen LogP contribution >= 0.6 is 0 Å².